The summed E-state index contributed by atoms with van der Waals surface area (Å²) in [5.74, 6) is 1.67. The molecule has 2 nitrogen and oxygen atoms in total. The first kappa shape index (κ1) is 15.2. The van der Waals surface area contributed by atoms with E-state index < -0.39 is 0 Å². The normalized spacial score (nSPS) is 17.6. The molecular formula is C15H21BrO2S. The van der Waals surface area contributed by atoms with Gasteiger partial charge >= 0.3 is 0 Å². The van der Waals surface area contributed by atoms with E-state index in [1.54, 1.807) is 7.11 Å². The quantitative estimate of drug-likeness (QED) is 0.844. The third kappa shape index (κ3) is 4.69. The maximum Gasteiger partial charge on any atom is 0.133 e. The lowest BCUT2D eigenvalue weighted by Gasteiger charge is -2.14. The molecule has 1 fully saturated rings. The number of methoxy groups -OCH3 is 1. The Balaban J connectivity index is 1.80. The Morgan fingerprint density at radius 2 is 2.16 bits per heavy atom. The molecule has 1 aliphatic carbocycles. The minimum Gasteiger partial charge on any atom is -0.496 e. The summed E-state index contributed by atoms with van der Waals surface area (Å²) in [6.45, 7) is 0. The van der Waals surface area contributed by atoms with Gasteiger partial charge in [-0.25, -0.2) is 0 Å². The summed E-state index contributed by atoms with van der Waals surface area (Å²) in [6, 6.07) is 5.99. The van der Waals surface area contributed by atoms with Crippen LogP contribution in [0, 0.1) is 0 Å². The van der Waals surface area contributed by atoms with E-state index in [1.807, 2.05) is 30.0 Å². The van der Waals surface area contributed by atoms with Crippen molar-refractivity contribution < 1.29 is 9.84 Å². The fourth-order valence-electron chi connectivity index (χ4n) is 2.47. The van der Waals surface area contributed by atoms with Crippen LogP contribution < -0.4 is 4.74 Å². The maximum atomic E-state index is 10.1. The van der Waals surface area contributed by atoms with Crippen molar-refractivity contribution in [2.24, 2.45) is 0 Å². The van der Waals surface area contributed by atoms with E-state index in [4.69, 9.17) is 4.74 Å². The van der Waals surface area contributed by atoms with Gasteiger partial charge in [-0.05, 0) is 52.9 Å². The molecular weight excluding hydrogens is 324 g/mol. The van der Waals surface area contributed by atoms with Crippen LogP contribution in [-0.4, -0.2) is 29.3 Å². The minimum atomic E-state index is -0.258. The van der Waals surface area contributed by atoms with Gasteiger partial charge in [0.2, 0.25) is 0 Å². The Bertz CT molecular complexity index is 405. The Morgan fingerprint density at radius 1 is 1.42 bits per heavy atom. The van der Waals surface area contributed by atoms with E-state index in [1.165, 1.54) is 25.7 Å². The van der Waals surface area contributed by atoms with Gasteiger partial charge < -0.3 is 9.84 Å². The summed E-state index contributed by atoms with van der Waals surface area (Å²) >= 11 is 5.42. The van der Waals surface area contributed by atoms with E-state index >= 15 is 0 Å². The number of hydrogen-bond donors (Lipinski definition) is 1. The van der Waals surface area contributed by atoms with Crippen LogP contribution in [0.4, 0.5) is 0 Å². The zero-order valence-electron chi connectivity index (χ0n) is 11.3. The Labute approximate surface area is 128 Å². The molecule has 0 saturated heterocycles. The molecule has 1 aromatic rings. The van der Waals surface area contributed by atoms with Gasteiger partial charge in [0.25, 0.3) is 0 Å². The third-order valence-electron chi connectivity index (χ3n) is 3.51. The fraction of sp³-hybridized carbons (Fsp3) is 0.600. The highest BCUT2D eigenvalue weighted by Crippen LogP contribution is 2.30. The molecule has 0 radical (unpaired) electrons. The second-order valence-electron chi connectivity index (χ2n) is 5.07. The summed E-state index contributed by atoms with van der Waals surface area (Å²) in [4.78, 5) is 0. The number of halogens is 1. The van der Waals surface area contributed by atoms with Gasteiger partial charge in [0.05, 0.1) is 17.7 Å². The summed E-state index contributed by atoms with van der Waals surface area (Å²) in [5.41, 5.74) is 1.15. The van der Waals surface area contributed by atoms with Gasteiger partial charge in [-0.15, -0.1) is 0 Å². The summed E-state index contributed by atoms with van der Waals surface area (Å²) in [6.07, 6.45) is 5.82. The van der Waals surface area contributed by atoms with Gasteiger partial charge in [-0.3, -0.25) is 0 Å². The highest BCUT2D eigenvalue weighted by atomic mass is 79.9. The Morgan fingerprint density at radius 3 is 2.79 bits per heavy atom. The SMILES string of the molecule is COc1ccc(CC(O)CSC2CCCC2)cc1Br. The number of thioether (sulfide) groups is 1. The van der Waals surface area contributed by atoms with E-state index in [2.05, 4.69) is 15.9 Å². The van der Waals surface area contributed by atoms with E-state index in [0.717, 1.165) is 26.8 Å². The molecule has 1 unspecified atom stereocenters. The summed E-state index contributed by atoms with van der Waals surface area (Å²) in [7, 11) is 1.66. The molecule has 0 amide bonds. The van der Waals surface area contributed by atoms with Crippen molar-refractivity contribution in [1.29, 1.82) is 0 Å². The second-order valence-corrected chi connectivity index (χ2v) is 7.25. The van der Waals surface area contributed by atoms with Crippen molar-refractivity contribution in [2.75, 3.05) is 12.9 Å². The fourth-order valence-corrected chi connectivity index (χ4v) is 4.34. The Hall–Kier alpha value is -0.190. The molecule has 2 rings (SSSR count). The number of benzene rings is 1. The molecule has 0 bridgehead atoms. The smallest absolute Gasteiger partial charge is 0.133 e. The van der Waals surface area contributed by atoms with Crippen molar-refractivity contribution in [3.05, 3.63) is 28.2 Å². The van der Waals surface area contributed by atoms with Gasteiger partial charge in [0.15, 0.2) is 0 Å². The van der Waals surface area contributed by atoms with Crippen molar-refractivity contribution in [1.82, 2.24) is 0 Å². The summed E-state index contributed by atoms with van der Waals surface area (Å²) in [5, 5.41) is 10.9. The molecule has 19 heavy (non-hydrogen) atoms. The van der Waals surface area contributed by atoms with E-state index in [-0.39, 0.29) is 6.10 Å². The van der Waals surface area contributed by atoms with Crippen LogP contribution in [0.1, 0.15) is 31.2 Å². The maximum absolute atomic E-state index is 10.1. The van der Waals surface area contributed by atoms with Crippen molar-refractivity contribution in [2.45, 2.75) is 43.5 Å². The first-order chi connectivity index (χ1) is 9.19. The standard InChI is InChI=1S/C15H21BrO2S/c1-18-15-7-6-11(9-14(15)16)8-12(17)10-19-13-4-2-3-5-13/h6-7,9,12-13,17H,2-5,8,10H2,1H3. The predicted molar refractivity (Wildman–Crippen MR) is 85.1 cm³/mol. The molecule has 1 N–H and O–H groups in total. The monoisotopic (exact) mass is 344 g/mol. The van der Waals surface area contributed by atoms with Gasteiger partial charge in [0, 0.05) is 11.0 Å². The molecule has 1 atom stereocenters. The van der Waals surface area contributed by atoms with Crippen LogP contribution in [0.2, 0.25) is 0 Å². The van der Waals surface area contributed by atoms with Gasteiger partial charge in [-0.1, -0.05) is 18.9 Å². The topological polar surface area (TPSA) is 29.5 Å². The molecule has 0 heterocycles. The average molecular weight is 345 g/mol. The largest absolute Gasteiger partial charge is 0.496 e. The van der Waals surface area contributed by atoms with Crippen LogP contribution in [0.5, 0.6) is 5.75 Å². The number of ether oxygens (including phenoxy) is 1. The minimum absolute atomic E-state index is 0.258. The van der Waals surface area contributed by atoms with Crippen LogP contribution in [0.3, 0.4) is 0 Å². The van der Waals surface area contributed by atoms with Gasteiger partial charge in [0.1, 0.15) is 5.75 Å². The first-order valence-corrected chi connectivity index (χ1v) is 8.65. The zero-order chi connectivity index (χ0) is 13.7. The highest BCUT2D eigenvalue weighted by Gasteiger charge is 2.17. The average Bonchev–Trinajstić information content (AvgIpc) is 2.90. The molecule has 106 valence electrons. The van der Waals surface area contributed by atoms with Crippen LogP contribution in [0.15, 0.2) is 22.7 Å². The first-order valence-electron chi connectivity index (χ1n) is 6.81. The van der Waals surface area contributed by atoms with E-state index in [0.29, 0.717) is 6.42 Å². The van der Waals surface area contributed by atoms with Crippen molar-refractivity contribution >= 4 is 27.7 Å². The van der Waals surface area contributed by atoms with E-state index in [9.17, 15) is 5.11 Å². The molecule has 1 saturated carbocycles. The number of aliphatic hydroxyl groups is 1. The number of aliphatic hydroxyl groups excluding tert-OH is 1. The van der Waals surface area contributed by atoms with Crippen molar-refractivity contribution in [3.8, 4) is 5.75 Å². The van der Waals surface area contributed by atoms with Crippen LogP contribution >= 0.6 is 27.7 Å². The molecule has 4 heteroatoms. The molecule has 1 aromatic carbocycles. The number of hydrogen-bond acceptors (Lipinski definition) is 3. The lowest BCUT2D eigenvalue weighted by Crippen LogP contribution is -2.15. The van der Waals surface area contributed by atoms with Crippen LogP contribution in [-0.2, 0) is 6.42 Å². The molecule has 0 spiro atoms. The van der Waals surface area contributed by atoms with Gasteiger partial charge in [-0.2, -0.15) is 11.8 Å². The lowest BCUT2D eigenvalue weighted by atomic mass is 10.1. The predicted octanol–water partition coefficient (Wildman–Crippen LogP) is 4.04. The zero-order valence-corrected chi connectivity index (χ0v) is 13.7. The second kappa shape index (κ2) is 7.55. The number of rotatable bonds is 6. The lowest BCUT2D eigenvalue weighted by molar-refractivity contribution is 0.200. The Kier molecular flexibility index (Phi) is 6.05. The molecule has 1 aliphatic rings. The molecule has 0 aromatic heterocycles. The third-order valence-corrected chi connectivity index (χ3v) is 5.65. The summed E-state index contributed by atoms with van der Waals surface area (Å²) < 4.78 is 6.15. The molecule has 0 aliphatic heterocycles. The van der Waals surface area contributed by atoms with Crippen molar-refractivity contribution in [3.63, 3.8) is 0 Å². The van der Waals surface area contributed by atoms with Crippen LogP contribution in [0.25, 0.3) is 0 Å². The highest BCUT2D eigenvalue weighted by molar-refractivity contribution is 9.10.